The van der Waals surface area contributed by atoms with Crippen LogP contribution in [0, 0.1) is 11.3 Å². The van der Waals surface area contributed by atoms with Gasteiger partial charge < -0.3 is 20.5 Å². The Bertz CT molecular complexity index is 1350. The van der Waals surface area contributed by atoms with Crippen LogP contribution in [0.1, 0.15) is 23.6 Å². The quantitative estimate of drug-likeness (QED) is 0.621. The molecule has 4 rings (SSSR count). The number of hydrogen-bond donors (Lipinski definition) is 2. The van der Waals surface area contributed by atoms with E-state index in [0.29, 0.717) is 17.6 Å². The lowest BCUT2D eigenvalue weighted by atomic mass is 9.97. The first-order chi connectivity index (χ1) is 15.5. The molecule has 0 bridgehead atoms. The zero-order valence-corrected chi connectivity index (χ0v) is 18.5. The molecule has 0 fully saturated rings. The number of nitriles is 1. The Balaban J connectivity index is 1.95. The summed E-state index contributed by atoms with van der Waals surface area (Å²) in [4.78, 5) is 23.8. The number of likely N-dealkylation sites (N-methyl/N-ethyl adjacent to an activating group) is 1. The number of nitrogens with zero attached hydrogens (tertiary/aromatic N) is 4. The first kappa shape index (κ1) is 21.2. The molecule has 0 saturated heterocycles. The Morgan fingerprint density at radius 3 is 2.75 bits per heavy atom. The van der Waals surface area contributed by atoms with Crippen LogP contribution >= 0.6 is 0 Å². The lowest BCUT2D eigenvalue weighted by molar-refractivity contribution is 0.823. The summed E-state index contributed by atoms with van der Waals surface area (Å²) in [6.07, 6.45) is 3.80. The third-order valence-corrected chi connectivity index (χ3v) is 5.97. The maximum absolute atomic E-state index is 12.3. The smallest absolute Gasteiger partial charge is 0.251 e. The van der Waals surface area contributed by atoms with E-state index in [1.807, 2.05) is 44.3 Å². The fourth-order valence-electron chi connectivity index (χ4n) is 4.27. The van der Waals surface area contributed by atoms with E-state index in [9.17, 15) is 10.1 Å². The van der Waals surface area contributed by atoms with Crippen molar-refractivity contribution in [3.05, 3.63) is 69.6 Å². The van der Waals surface area contributed by atoms with Crippen LogP contribution in [-0.2, 0) is 6.42 Å². The van der Waals surface area contributed by atoms with Crippen molar-refractivity contribution < 1.29 is 0 Å². The standard InChI is InChI=1S/C25H26N6O/c1-4-16-10-20-21(29-25(16)32)6-5-7-22(20)31-9-8-30(3)23-12-19(18(14-27)15-28-2)17(13-26)11-24(23)31/h5-7,10-12,14-15H,4,8-9,27H2,1-3H3,(H,29,32)/b18-14+,28-15?. The predicted octanol–water partition coefficient (Wildman–Crippen LogP) is 3.55. The molecule has 3 N–H and O–H groups in total. The van der Waals surface area contributed by atoms with E-state index in [1.165, 1.54) is 6.20 Å². The van der Waals surface area contributed by atoms with Crippen LogP contribution in [0.4, 0.5) is 17.1 Å². The number of aromatic amines is 1. The molecule has 2 heterocycles. The molecule has 1 aliphatic rings. The first-order valence-corrected chi connectivity index (χ1v) is 10.6. The van der Waals surface area contributed by atoms with E-state index < -0.39 is 0 Å². The van der Waals surface area contributed by atoms with Gasteiger partial charge in [0.25, 0.3) is 5.56 Å². The molecule has 0 aliphatic carbocycles. The second kappa shape index (κ2) is 8.60. The van der Waals surface area contributed by atoms with Gasteiger partial charge in [0.05, 0.1) is 34.2 Å². The molecule has 7 heteroatoms. The summed E-state index contributed by atoms with van der Waals surface area (Å²) in [6.45, 7) is 3.54. The van der Waals surface area contributed by atoms with Crippen molar-refractivity contribution in [1.82, 2.24) is 4.98 Å². The lowest BCUT2D eigenvalue weighted by Crippen LogP contribution is -2.36. The molecular weight excluding hydrogens is 400 g/mol. The highest BCUT2D eigenvalue weighted by atomic mass is 16.1. The Hall–Kier alpha value is -4.05. The van der Waals surface area contributed by atoms with E-state index in [-0.39, 0.29) is 5.56 Å². The van der Waals surface area contributed by atoms with Crippen molar-refractivity contribution in [2.45, 2.75) is 13.3 Å². The van der Waals surface area contributed by atoms with Crippen LogP contribution in [0.15, 0.2) is 52.4 Å². The number of H-pyrrole nitrogens is 1. The maximum Gasteiger partial charge on any atom is 0.251 e. The fraction of sp³-hybridized carbons (Fsp3) is 0.240. The van der Waals surface area contributed by atoms with E-state index in [4.69, 9.17) is 5.73 Å². The average Bonchev–Trinajstić information content (AvgIpc) is 2.81. The van der Waals surface area contributed by atoms with Crippen molar-refractivity contribution in [2.75, 3.05) is 37.0 Å². The molecular formula is C25H26N6O. The first-order valence-electron chi connectivity index (χ1n) is 10.6. The molecule has 32 heavy (non-hydrogen) atoms. The van der Waals surface area contributed by atoms with Gasteiger partial charge in [-0.3, -0.25) is 9.79 Å². The highest BCUT2D eigenvalue weighted by Gasteiger charge is 2.25. The molecule has 0 radical (unpaired) electrons. The summed E-state index contributed by atoms with van der Waals surface area (Å²) in [5.74, 6) is 0. The summed E-state index contributed by atoms with van der Waals surface area (Å²) in [6, 6.07) is 14.1. The predicted molar refractivity (Wildman–Crippen MR) is 132 cm³/mol. The van der Waals surface area contributed by atoms with Gasteiger partial charge in [0, 0.05) is 61.7 Å². The maximum atomic E-state index is 12.3. The van der Waals surface area contributed by atoms with Gasteiger partial charge in [-0.2, -0.15) is 5.26 Å². The molecule has 1 aliphatic heterocycles. The zero-order valence-electron chi connectivity index (χ0n) is 18.5. The molecule has 162 valence electrons. The molecule has 0 amide bonds. The third kappa shape index (κ3) is 3.50. The van der Waals surface area contributed by atoms with E-state index in [0.717, 1.165) is 52.2 Å². The number of aromatic nitrogens is 1. The number of anilines is 3. The monoisotopic (exact) mass is 426 g/mol. The molecule has 7 nitrogen and oxygen atoms in total. The lowest BCUT2D eigenvalue weighted by Gasteiger charge is -2.38. The van der Waals surface area contributed by atoms with Crippen molar-refractivity contribution in [3.8, 4) is 6.07 Å². The SMILES string of the molecule is CCc1cc2c(N3CCN(C)c4cc(/C(C=NC)=C/N)c(C#N)cc43)cccc2[nH]c1=O. The number of allylic oxidation sites excluding steroid dienone is 1. The third-order valence-electron chi connectivity index (χ3n) is 5.97. The summed E-state index contributed by atoms with van der Waals surface area (Å²) in [7, 11) is 3.72. The minimum absolute atomic E-state index is 0.0500. The second-order valence-corrected chi connectivity index (χ2v) is 7.80. The number of aryl methyl sites for hydroxylation is 1. The van der Waals surface area contributed by atoms with Gasteiger partial charge in [0.2, 0.25) is 0 Å². The normalized spacial score (nSPS) is 14.1. The van der Waals surface area contributed by atoms with Crippen molar-refractivity contribution in [3.63, 3.8) is 0 Å². The van der Waals surface area contributed by atoms with Gasteiger partial charge in [0.15, 0.2) is 0 Å². The Morgan fingerprint density at radius 2 is 2.06 bits per heavy atom. The molecule has 0 saturated carbocycles. The van der Waals surface area contributed by atoms with E-state index in [2.05, 4.69) is 31.9 Å². The summed E-state index contributed by atoms with van der Waals surface area (Å²) < 4.78 is 0. The van der Waals surface area contributed by atoms with Crippen molar-refractivity contribution in [2.24, 2.45) is 10.7 Å². The summed E-state index contributed by atoms with van der Waals surface area (Å²) in [5, 5.41) is 10.9. The van der Waals surface area contributed by atoms with E-state index in [1.54, 1.807) is 13.3 Å². The fourth-order valence-corrected chi connectivity index (χ4v) is 4.27. The van der Waals surface area contributed by atoms with Crippen molar-refractivity contribution >= 4 is 39.8 Å². The number of benzene rings is 2. The molecule has 1 aromatic heterocycles. The second-order valence-electron chi connectivity index (χ2n) is 7.80. The van der Waals surface area contributed by atoms with Gasteiger partial charge in [0.1, 0.15) is 0 Å². The van der Waals surface area contributed by atoms with Crippen LogP contribution in [0.2, 0.25) is 0 Å². The zero-order chi connectivity index (χ0) is 22.8. The number of pyridine rings is 1. The van der Waals surface area contributed by atoms with Gasteiger partial charge in [-0.15, -0.1) is 0 Å². The topological polar surface area (TPSA) is 102 Å². The van der Waals surface area contributed by atoms with Crippen LogP contribution < -0.4 is 21.1 Å². The average molecular weight is 427 g/mol. The number of nitrogens with two attached hydrogens (primary N) is 1. The Morgan fingerprint density at radius 1 is 1.25 bits per heavy atom. The van der Waals surface area contributed by atoms with Crippen LogP contribution in [0.25, 0.3) is 16.5 Å². The van der Waals surface area contributed by atoms with Gasteiger partial charge in [-0.25, -0.2) is 0 Å². The Kier molecular flexibility index (Phi) is 5.69. The molecule has 0 atom stereocenters. The van der Waals surface area contributed by atoms with Crippen LogP contribution in [-0.4, -0.2) is 38.4 Å². The molecule has 3 aromatic rings. The summed E-state index contributed by atoms with van der Waals surface area (Å²) in [5.41, 5.74) is 12.3. The van der Waals surface area contributed by atoms with Crippen LogP contribution in [0.5, 0.6) is 0 Å². The molecule has 2 aromatic carbocycles. The van der Waals surface area contributed by atoms with Crippen LogP contribution in [0.3, 0.4) is 0 Å². The minimum atomic E-state index is -0.0500. The number of fused-ring (bicyclic) bond motifs is 2. The van der Waals surface area contributed by atoms with E-state index >= 15 is 0 Å². The number of hydrogen-bond acceptors (Lipinski definition) is 6. The number of rotatable bonds is 4. The Labute approximate surface area is 187 Å². The van der Waals surface area contributed by atoms with Gasteiger partial charge in [-0.1, -0.05) is 13.0 Å². The summed E-state index contributed by atoms with van der Waals surface area (Å²) >= 11 is 0. The van der Waals surface area contributed by atoms with Crippen molar-refractivity contribution in [1.29, 1.82) is 5.26 Å². The van der Waals surface area contributed by atoms with Gasteiger partial charge in [-0.05, 0) is 36.8 Å². The highest BCUT2D eigenvalue weighted by Crippen LogP contribution is 2.42. The molecule has 0 spiro atoms. The number of nitrogens with one attached hydrogen (secondary N) is 1. The number of aliphatic imine (C=N–C) groups is 1. The molecule has 0 unspecified atom stereocenters. The highest BCUT2D eigenvalue weighted by molar-refractivity contribution is 6.11. The van der Waals surface area contributed by atoms with Gasteiger partial charge >= 0.3 is 0 Å². The minimum Gasteiger partial charge on any atom is -0.404 e. The largest absolute Gasteiger partial charge is 0.404 e.